The van der Waals surface area contributed by atoms with Crippen molar-refractivity contribution in [1.29, 1.82) is 0 Å². The van der Waals surface area contributed by atoms with Crippen LogP contribution in [0.4, 0.5) is 0 Å². The molecule has 0 unspecified atom stereocenters. The number of carbonyl (C=O) groups excluding carboxylic acids is 1. The van der Waals surface area contributed by atoms with E-state index in [1.54, 1.807) is 7.11 Å². The van der Waals surface area contributed by atoms with E-state index in [2.05, 4.69) is 15.2 Å². The van der Waals surface area contributed by atoms with Gasteiger partial charge in [0.25, 0.3) is 0 Å². The fourth-order valence-electron chi connectivity index (χ4n) is 2.18. The van der Waals surface area contributed by atoms with E-state index in [1.165, 1.54) is 30.0 Å². The minimum atomic E-state index is -0.327. The van der Waals surface area contributed by atoms with Gasteiger partial charge in [0.2, 0.25) is 5.16 Å². The fraction of sp³-hybridized carbons (Fsp3) is 0.118. The van der Waals surface area contributed by atoms with Crippen LogP contribution in [0.15, 0.2) is 47.6 Å². The Kier molecular flexibility index (Phi) is 4.90. The number of aromatic amines is 1. The average molecular weight is 357 g/mol. The summed E-state index contributed by atoms with van der Waals surface area (Å²) in [7, 11) is 1.58. The summed E-state index contributed by atoms with van der Waals surface area (Å²) in [5, 5.41) is 26.1. The Bertz CT molecular complexity index is 910. The van der Waals surface area contributed by atoms with Crippen LogP contribution in [0.25, 0.3) is 11.4 Å². The van der Waals surface area contributed by atoms with E-state index < -0.39 is 0 Å². The maximum absolute atomic E-state index is 12.2. The molecule has 0 atom stereocenters. The predicted molar refractivity (Wildman–Crippen MR) is 93.2 cm³/mol. The molecular formula is C17H15N3O4S. The van der Waals surface area contributed by atoms with Gasteiger partial charge in [0.1, 0.15) is 5.75 Å². The number of rotatable bonds is 6. The number of ketones is 1. The molecule has 3 aromatic rings. The average Bonchev–Trinajstić information content (AvgIpc) is 3.10. The molecule has 0 aliphatic carbocycles. The number of thioether (sulfide) groups is 1. The smallest absolute Gasteiger partial charge is 0.209 e. The quantitative estimate of drug-likeness (QED) is 0.354. The van der Waals surface area contributed by atoms with Crippen LogP contribution < -0.4 is 4.74 Å². The topological polar surface area (TPSA) is 108 Å². The van der Waals surface area contributed by atoms with E-state index in [9.17, 15) is 15.0 Å². The van der Waals surface area contributed by atoms with Crippen LogP contribution in [0.1, 0.15) is 10.4 Å². The standard InChI is InChI=1S/C17H15N3O4S/c1-24-15-5-3-2-4-11(15)16-18-17(20-19-16)25-9-14(23)10-6-7-12(21)13(22)8-10/h2-8,21-22H,9H2,1H3,(H,18,19,20). The second kappa shape index (κ2) is 7.27. The van der Waals surface area contributed by atoms with Crippen molar-refractivity contribution < 1.29 is 19.7 Å². The van der Waals surface area contributed by atoms with Crippen LogP contribution in [0.5, 0.6) is 17.2 Å². The number of Topliss-reactive ketones (excluding diaryl/α,β-unsaturated/α-hetero) is 1. The molecular weight excluding hydrogens is 342 g/mol. The number of hydrogen-bond donors (Lipinski definition) is 3. The van der Waals surface area contributed by atoms with E-state index in [1.807, 2.05) is 24.3 Å². The Morgan fingerprint density at radius 3 is 2.76 bits per heavy atom. The molecule has 0 saturated heterocycles. The number of hydrogen-bond acceptors (Lipinski definition) is 7. The van der Waals surface area contributed by atoms with Gasteiger partial charge in [-0.2, -0.15) is 0 Å². The van der Waals surface area contributed by atoms with Gasteiger partial charge in [0.05, 0.1) is 18.4 Å². The second-order valence-corrected chi connectivity index (χ2v) is 6.02. The number of carbonyl (C=O) groups is 1. The molecule has 7 nitrogen and oxygen atoms in total. The van der Waals surface area contributed by atoms with Crippen LogP contribution in [0.3, 0.4) is 0 Å². The first-order valence-electron chi connectivity index (χ1n) is 7.32. The molecule has 0 aliphatic rings. The highest BCUT2D eigenvalue weighted by Gasteiger charge is 2.14. The third-order valence-corrected chi connectivity index (χ3v) is 4.30. The third kappa shape index (κ3) is 3.74. The van der Waals surface area contributed by atoms with Crippen LogP contribution >= 0.6 is 11.8 Å². The lowest BCUT2D eigenvalue weighted by atomic mass is 10.1. The van der Waals surface area contributed by atoms with Crippen molar-refractivity contribution in [3.05, 3.63) is 48.0 Å². The van der Waals surface area contributed by atoms with Crippen molar-refractivity contribution in [2.24, 2.45) is 0 Å². The van der Waals surface area contributed by atoms with Crippen LogP contribution in [0, 0.1) is 0 Å². The van der Waals surface area contributed by atoms with Crippen molar-refractivity contribution in [2.75, 3.05) is 12.9 Å². The van der Waals surface area contributed by atoms with Gasteiger partial charge < -0.3 is 14.9 Å². The molecule has 3 rings (SSSR count). The molecule has 0 fully saturated rings. The lowest BCUT2D eigenvalue weighted by Gasteiger charge is -2.04. The first-order chi connectivity index (χ1) is 12.1. The SMILES string of the molecule is COc1ccccc1-c1nc(SCC(=O)c2ccc(O)c(O)c2)n[nH]1. The first kappa shape index (κ1) is 16.8. The number of ether oxygens (including phenoxy) is 1. The van der Waals surface area contributed by atoms with Gasteiger partial charge in [-0.25, -0.2) is 4.98 Å². The molecule has 0 saturated carbocycles. The number of methoxy groups -OCH3 is 1. The van der Waals surface area contributed by atoms with Gasteiger partial charge >= 0.3 is 0 Å². The van der Waals surface area contributed by atoms with Crippen LogP contribution in [0.2, 0.25) is 0 Å². The zero-order chi connectivity index (χ0) is 17.8. The fourth-order valence-corrected chi connectivity index (χ4v) is 2.87. The number of nitrogens with one attached hydrogen (secondary N) is 1. The summed E-state index contributed by atoms with van der Waals surface area (Å²) < 4.78 is 5.29. The Morgan fingerprint density at radius 2 is 2.00 bits per heavy atom. The molecule has 0 radical (unpaired) electrons. The number of aromatic hydroxyl groups is 2. The summed E-state index contributed by atoms with van der Waals surface area (Å²) in [6.07, 6.45) is 0. The maximum atomic E-state index is 12.2. The Labute approximate surface area is 147 Å². The van der Waals surface area contributed by atoms with Gasteiger partial charge in [-0.15, -0.1) is 5.10 Å². The minimum Gasteiger partial charge on any atom is -0.504 e. The molecule has 3 N–H and O–H groups in total. The molecule has 0 bridgehead atoms. The third-order valence-electron chi connectivity index (χ3n) is 3.46. The molecule has 25 heavy (non-hydrogen) atoms. The van der Waals surface area contributed by atoms with Crippen LogP contribution in [-0.4, -0.2) is 44.0 Å². The number of benzene rings is 2. The van der Waals surface area contributed by atoms with Gasteiger partial charge in [-0.3, -0.25) is 9.89 Å². The number of phenols is 2. The summed E-state index contributed by atoms with van der Waals surface area (Å²) >= 11 is 1.17. The number of para-hydroxylation sites is 1. The summed E-state index contributed by atoms with van der Waals surface area (Å²) in [6, 6.07) is 11.4. The Balaban J connectivity index is 1.69. The molecule has 8 heteroatoms. The van der Waals surface area contributed by atoms with E-state index in [4.69, 9.17) is 4.74 Å². The minimum absolute atomic E-state index is 0.105. The summed E-state index contributed by atoms with van der Waals surface area (Å²) in [4.78, 5) is 16.5. The van der Waals surface area contributed by atoms with E-state index in [-0.39, 0.29) is 23.0 Å². The van der Waals surface area contributed by atoms with Crippen molar-refractivity contribution in [2.45, 2.75) is 5.16 Å². The molecule has 0 aliphatic heterocycles. The van der Waals surface area contributed by atoms with E-state index >= 15 is 0 Å². The number of H-pyrrole nitrogens is 1. The van der Waals surface area contributed by atoms with Crippen molar-refractivity contribution in [3.63, 3.8) is 0 Å². The number of aromatic nitrogens is 3. The monoisotopic (exact) mass is 357 g/mol. The van der Waals surface area contributed by atoms with Crippen molar-refractivity contribution >= 4 is 17.5 Å². The zero-order valence-corrected chi connectivity index (χ0v) is 14.1. The zero-order valence-electron chi connectivity index (χ0n) is 13.3. The normalized spacial score (nSPS) is 10.6. The lowest BCUT2D eigenvalue weighted by molar-refractivity contribution is 0.102. The Morgan fingerprint density at radius 1 is 1.20 bits per heavy atom. The number of phenolic OH excluding ortho intramolecular Hbond substituents is 2. The van der Waals surface area contributed by atoms with Gasteiger partial charge in [0.15, 0.2) is 23.1 Å². The molecule has 1 aromatic heterocycles. The summed E-state index contributed by atoms with van der Waals surface area (Å²) in [5.41, 5.74) is 1.09. The second-order valence-electron chi connectivity index (χ2n) is 5.08. The van der Waals surface area contributed by atoms with Crippen molar-refractivity contribution in [1.82, 2.24) is 15.2 Å². The lowest BCUT2D eigenvalue weighted by Crippen LogP contribution is -2.02. The largest absolute Gasteiger partial charge is 0.504 e. The van der Waals surface area contributed by atoms with Gasteiger partial charge in [-0.05, 0) is 30.3 Å². The predicted octanol–water partition coefficient (Wildman–Crippen LogP) is 2.87. The highest BCUT2D eigenvalue weighted by atomic mass is 32.2. The molecule has 0 amide bonds. The summed E-state index contributed by atoms with van der Waals surface area (Å²) in [5.74, 6) is 0.532. The van der Waals surface area contributed by atoms with Crippen LogP contribution in [-0.2, 0) is 0 Å². The molecule has 0 spiro atoms. The summed E-state index contributed by atoms with van der Waals surface area (Å²) in [6.45, 7) is 0. The highest BCUT2D eigenvalue weighted by Crippen LogP contribution is 2.29. The molecule has 128 valence electrons. The van der Waals surface area contributed by atoms with Gasteiger partial charge in [0, 0.05) is 5.56 Å². The molecule has 1 heterocycles. The Hall–Kier alpha value is -3.00. The van der Waals surface area contributed by atoms with Gasteiger partial charge in [-0.1, -0.05) is 23.9 Å². The van der Waals surface area contributed by atoms with E-state index in [0.29, 0.717) is 22.3 Å². The van der Waals surface area contributed by atoms with Crippen molar-refractivity contribution in [3.8, 4) is 28.6 Å². The highest BCUT2D eigenvalue weighted by molar-refractivity contribution is 7.99. The number of nitrogens with zero attached hydrogens (tertiary/aromatic N) is 2. The maximum Gasteiger partial charge on any atom is 0.209 e. The first-order valence-corrected chi connectivity index (χ1v) is 8.31. The molecule has 2 aromatic carbocycles. The van der Waals surface area contributed by atoms with E-state index in [0.717, 1.165) is 5.56 Å².